The molecule has 1 aliphatic rings. The third-order valence-electron chi connectivity index (χ3n) is 2.78. The monoisotopic (exact) mass is 264 g/mol. The molecule has 2 N–H and O–H groups in total. The Morgan fingerprint density at radius 2 is 2.16 bits per heavy atom. The van der Waals surface area contributed by atoms with Crippen molar-refractivity contribution < 1.29 is 14.3 Å². The van der Waals surface area contributed by atoms with Gasteiger partial charge in [-0.15, -0.1) is 0 Å². The Balaban J connectivity index is 1.88. The van der Waals surface area contributed by atoms with Crippen molar-refractivity contribution in [3.63, 3.8) is 0 Å². The number of rotatable bonds is 4. The highest BCUT2D eigenvalue weighted by Gasteiger charge is 2.32. The highest BCUT2D eigenvalue weighted by Crippen LogP contribution is 2.23. The molecule has 1 fully saturated rings. The topological polar surface area (TPSA) is 59.6 Å². The molecule has 0 aliphatic carbocycles. The van der Waals surface area contributed by atoms with Crippen molar-refractivity contribution in [2.45, 2.75) is 32.7 Å². The molecule has 1 heterocycles. The largest absolute Gasteiger partial charge is 0.382 e. The molecule has 1 aromatic carbocycles. The van der Waals surface area contributed by atoms with Crippen LogP contribution in [-0.2, 0) is 14.3 Å². The van der Waals surface area contributed by atoms with Crippen molar-refractivity contribution in [2.75, 3.05) is 23.8 Å². The maximum absolute atomic E-state index is 11.0. The van der Waals surface area contributed by atoms with Gasteiger partial charge in [0.1, 0.15) is 6.10 Å². The van der Waals surface area contributed by atoms with Gasteiger partial charge in [-0.05, 0) is 32.0 Å². The molecular formula is C14H20N2O3. The van der Waals surface area contributed by atoms with Crippen LogP contribution < -0.4 is 10.6 Å². The molecule has 1 aliphatic heterocycles. The van der Waals surface area contributed by atoms with E-state index < -0.39 is 5.79 Å². The van der Waals surface area contributed by atoms with Crippen molar-refractivity contribution in [2.24, 2.45) is 0 Å². The second kappa shape index (κ2) is 5.59. The molecule has 1 aromatic rings. The summed E-state index contributed by atoms with van der Waals surface area (Å²) in [6.07, 6.45) is 0.0411. The van der Waals surface area contributed by atoms with E-state index in [0.717, 1.165) is 11.4 Å². The molecule has 1 atom stereocenters. The van der Waals surface area contributed by atoms with Gasteiger partial charge >= 0.3 is 0 Å². The Kier molecular flexibility index (Phi) is 4.07. The Hall–Kier alpha value is -1.59. The van der Waals surface area contributed by atoms with E-state index in [2.05, 4.69) is 10.6 Å². The Labute approximate surface area is 113 Å². The van der Waals surface area contributed by atoms with Gasteiger partial charge in [-0.3, -0.25) is 4.79 Å². The van der Waals surface area contributed by atoms with E-state index in [1.165, 1.54) is 6.92 Å². The molecule has 19 heavy (non-hydrogen) atoms. The van der Waals surface area contributed by atoms with E-state index in [9.17, 15) is 4.79 Å². The Morgan fingerprint density at radius 3 is 2.79 bits per heavy atom. The molecular weight excluding hydrogens is 244 g/mol. The Bertz CT molecular complexity index is 460. The molecule has 0 saturated carbocycles. The van der Waals surface area contributed by atoms with Crippen molar-refractivity contribution in [3.05, 3.63) is 24.3 Å². The van der Waals surface area contributed by atoms with Crippen LogP contribution in [0.5, 0.6) is 0 Å². The quantitative estimate of drug-likeness (QED) is 0.875. The first-order valence-electron chi connectivity index (χ1n) is 6.38. The normalized spacial score (nSPS) is 21.1. The van der Waals surface area contributed by atoms with Gasteiger partial charge in [-0.1, -0.05) is 6.07 Å². The first-order valence-corrected chi connectivity index (χ1v) is 6.38. The fourth-order valence-electron chi connectivity index (χ4n) is 2.01. The smallest absolute Gasteiger partial charge is 0.221 e. The highest BCUT2D eigenvalue weighted by molar-refractivity contribution is 5.89. The van der Waals surface area contributed by atoms with Crippen LogP contribution in [0, 0.1) is 0 Å². The van der Waals surface area contributed by atoms with Gasteiger partial charge in [0.15, 0.2) is 5.79 Å². The van der Waals surface area contributed by atoms with Crippen LogP contribution in [0.25, 0.3) is 0 Å². The van der Waals surface area contributed by atoms with E-state index in [-0.39, 0.29) is 12.0 Å². The van der Waals surface area contributed by atoms with Gasteiger partial charge in [0.25, 0.3) is 0 Å². The maximum Gasteiger partial charge on any atom is 0.221 e. The molecule has 5 heteroatoms. The average Bonchev–Trinajstić information content (AvgIpc) is 2.66. The SMILES string of the molecule is CC(=O)Nc1cccc(NC[C@H]2COC(C)(C)O2)c1. The number of hydrogen-bond acceptors (Lipinski definition) is 4. The lowest BCUT2D eigenvalue weighted by Crippen LogP contribution is -2.26. The van der Waals surface area contributed by atoms with Crippen LogP contribution in [0.15, 0.2) is 24.3 Å². The van der Waals surface area contributed by atoms with Crippen LogP contribution in [0.2, 0.25) is 0 Å². The summed E-state index contributed by atoms with van der Waals surface area (Å²) in [6, 6.07) is 7.59. The van der Waals surface area contributed by atoms with Crippen LogP contribution >= 0.6 is 0 Å². The van der Waals surface area contributed by atoms with Crippen molar-refractivity contribution in [3.8, 4) is 0 Å². The second-order valence-corrected chi connectivity index (χ2v) is 5.09. The maximum atomic E-state index is 11.0. The average molecular weight is 264 g/mol. The highest BCUT2D eigenvalue weighted by atomic mass is 16.7. The number of hydrogen-bond donors (Lipinski definition) is 2. The zero-order valence-electron chi connectivity index (χ0n) is 11.5. The summed E-state index contributed by atoms with van der Waals surface area (Å²) in [4.78, 5) is 11.0. The number of nitrogens with one attached hydrogen (secondary N) is 2. The first kappa shape index (κ1) is 13.8. The lowest BCUT2D eigenvalue weighted by Gasteiger charge is -2.17. The van der Waals surface area contributed by atoms with E-state index >= 15 is 0 Å². The molecule has 0 unspecified atom stereocenters. The minimum Gasteiger partial charge on any atom is -0.382 e. The van der Waals surface area contributed by atoms with Gasteiger partial charge < -0.3 is 20.1 Å². The molecule has 0 spiro atoms. The lowest BCUT2D eigenvalue weighted by atomic mass is 10.2. The third kappa shape index (κ3) is 4.22. The molecule has 1 saturated heterocycles. The summed E-state index contributed by atoms with van der Waals surface area (Å²) in [5.41, 5.74) is 1.72. The number of amides is 1. The minimum atomic E-state index is -0.496. The second-order valence-electron chi connectivity index (χ2n) is 5.09. The number of carbonyl (C=O) groups excluding carboxylic acids is 1. The van der Waals surface area contributed by atoms with E-state index in [4.69, 9.17) is 9.47 Å². The predicted molar refractivity (Wildman–Crippen MR) is 74.1 cm³/mol. The summed E-state index contributed by atoms with van der Waals surface area (Å²) >= 11 is 0. The summed E-state index contributed by atoms with van der Waals surface area (Å²) in [5, 5.41) is 6.03. The van der Waals surface area contributed by atoms with E-state index in [0.29, 0.717) is 13.2 Å². The van der Waals surface area contributed by atoms with Gasteiger partial charge in [0.05, 0.1) is 6.61 Å². The van der Waals surface area contributed by atoms with Gasteiger partial charge in [0.2, 0.25) is 5.91 Å². The zero-order valence-corrected chi connectivity index (χ0v) is 11.5. The summed E-state index contributed by atoms with van der Waals surface area (Å²) in [5.74, 6) is -0.573. The first-order chi connectivity index (χ1) is 8.94. The van der Waals surface area contributed by atoms with Gasteiger partial charge in [0, 0.05) is 24.8 Å². The molecule has 0 radical (unpaired) electrons. The fraction of sp³-hybridized carbons (Fsp3) is 0.500. The van der Waals surface area contributed by atoms with Crippen molar-refractivity contribution >= 4 is 17.3 Å². The van der Waals surface area contributed by atoms with Crippen LogP contribution in [-0.4, -0.2) is 30.9 Å². The number of ether oxygens (including phenoxy) is 2. The summed E-state index contributed by atoms with van der Waals surface area (Å²) < 4.78 is 11.2. The lowest BCUT2D eigenvalue weighted by molar-refractivity contribution is -0.136. The molecule has 104 valence electrons. The van der Waals surface area contributed by atoms with E-state index in [1.807, 2.05) is 38.1 Å². The number of benzene rings is 1. The van der Waals surface area contributed by atoms with Crippen molar-refractivity contribution in [1.29, 1.82) is 0 Å². The predicted octanol–water partition coefficient (Wildman–Crippen LogP) is 2.21. The van der Waals surface area contributed by atoms with Gasteiger partial charge in [-0.2, -0.15) is 0 Å². The Morgan fingerprint density at radius 1 is 1.42 bits per heavy atom. The molecule has 5 nitrogen and oxygen atoms in total. The van der Waals surface area contributed by atoms with Crippen LogP contribution in [0.3, 0.4) is 0 Å². The molecule has 2 rings (SSSR count). The molecule has 0 aromatic heterocycles. The fourth-order valence-corrected chi connectivity index (χ4v) is 2.01. The molecule has 0 bridgehead atoms. The standard InChI is InChI=1S/C14H20N2O3/c1-10(17)16-12-6-4-5-11(7-12)15-8-13-9-18-14(2,3)19-13/h4-7,13,15H,8-9H2,1-3H3,(H,16,17)/t13-/m0/s1. The van der Waals surface area contributed by atoms with E-state index in [1.54, 1.807) is 0 Å². The van der Waals surface area contributed by atoms with Crippen LogP contribution in [0.4, 0.5) is 11.4 Å². The summed E-state index contributed by atoms with van der Waals surface area (Å²) in [6.45, 7) is 6.57. The van der Waals surface area contributed by atoms with Crippen LogP contribution in [0.1, 0.15) is 20.8 Å². The number of carbonyl (C=O) groups is 1. The zero-order chi connectivity index (χ0) is 13.9. The molecule has 1 amide bonds. The summed E-state index contributed by atoms with van der Waals surface area (Å²) in [7, 11) is 0. The van der Waals surface area contributed by atoms with Gasteiger partial charge in [-0.25, -0.2) is 0 Å². The third-order valence-corrected chi connectivity index (χ3v) is 2.78. The minimum absolute atomic E-state index is 0.0411. The van der Waals surface area contributed by atoms with Crippen molar-refractivity contribution in [1.82, 2.24) is 0 Å². The number of anilines is 2.